The van der Waals surface area contributed by atoms with Crippen LogP contribution < -0.4 is 5.32 Å². The summed E-state index contributed by atoms with van der Waals surface area (Å²) in [6.45, 7) is 4.16. The Morgan fingerprint density at radius 2 is 1.95 bits per heavy atom. The third kappa shape index (κ3) is 2.56. The molecular weight excluding hydrogens is 286 g/mol. The summed E-state index contributed by atoms with van der Waals surface area (Å²) in [4.78, 5) is 8.82. The van der Waals surface area contributed by atoms with Crippen molar-refractivity contribution in [2.24, 2.45) is 7.05 Å². The molecule has 0 aliphatic carbocycles. The number of anilines is 1. The van der Waals surface area contributed by atoms with Crippen LogP contribution in [0, 0.1) is 0 Å². The van der Waals surface area contributed by atoms with Crippen LogP contribution in [-0.2, 0) is 7.05 Å². The highest BCUT2D eigenvalue weighted by molar-refractivity contribution is 6.30. The Balaban J connectivity index is 2.27. The molecule has 0 saturated heterocycles. The predicted octanol–water partition coefficient (Wildman–Crippen LogP) is 3.50. The number of rotatable bonds is 3. The van der Waals surface area contributed by atoms with Crippen molar-refractivity contribution in [3.05, 3.63) is 35.6 Å². The first kappa shape index (κ1) is 13.8. The van der Waals surface area contributed by atoms with Crippen molar-refractivity contribution in [1.82, 2.24) is 19.7 Å². The molecule has 21 heavy (non-hydrogen) atoms. The summed E-state index contributed by atoms with van der Waals surface area (Å²) < 4.78 is 1.83. The number of aryl methyl sites for hydroxylation is 1. The zero-order chi connectivity index (χ0) is 15.0. The molecule has 0 bridgehead atoms. The maximum absolute atomic E-state index is 6.07. The summed E-state index contributed by atoms with van der Waals surface area (Å²) in [7, 11) is 1.91. The minimum absolute atomic E-state index is 0.281. The van der Waals surface area contributed by atoms with Gasteiger partial charge in [-0.25, -0.2) is 4.98 Å². The molecular formula is C15H16ClN5. The van der Waals surface area contributed by atoms with Gasteiger partial charge in [-0.3, -0.25) is 9.67 Å². The van der Waals surface area contributed by atoms with Crippen LogP contribution in [0.3, 0.4) is 0 Å². The molecule has 0 fully saturated rings. The Hall–Kier alpha value is -2.14. The predicted molar refractivity (Wildman–Crippen MR) is 85.5 cm³/mol. The van der Waals surface area contributed by atoms with Crippen LogP contribution in [0.4, 0.5) is 5.82 Å². The average Bonchev–Trinajstić information content (AvgIpc) is 2.77. The first-order valence-corrected chi connectivity index (χ1v) is 7.14. The molecule has 0 spiro atoms. The lowest BCUT2D eigenvalue weighted by Gasteiger charge is -2.10. The fraction of sp³-hybridized carbons (Fsp3) is 0.267. The number of hydrogen-bond acceptors (Lipinski definition) is 4. The Morgan fingerprint density at radius 3 is 2.67 bits per heavy atom. The summed E-state index contributed by atoms with van der Waals surface area (Å²) >= 11 is 6.07. The highest BCUT2D eigenvalue weighted by atomic mass is 35.5. The Morgan fingerprint density at radius 1 is 1.19 bits per heavy atom. The number of nitrogens with one attached hydrogen (secondary N) is 1. The monoisotopic (exact) mass is 301 g/mol. The molecule has 3 heterocycles. The molecule has 3 aromatic heterocycles. The van der Waals surface area contributed by atoms with Crippen molar-refractivity contribution in [3.63, 3.8) is 0 Å². The molecule has 3 aromatic rings. The van der Waals surface area contributed by atoms with E-state index >= 15 is 0 Å². The maximum Gasteiger partial charge on any atom is 0.137 e. The number of aromatic nitrogens is 4. The molecule has 0 aromatic carbocycles. The fourth-order valence-corrected chi connectivity index (χ4v) is 2.46. The summed E-state index contributed by atoms with van der Waals surface area (Å²) in [5.41, 5.74) is 2.53. The van der Waals surface area contributed by atoms with E-state index in [0.29, 0.717) is 5.02 Å². The lowest BCUT2D eigenvalue weighted by atomic mass is 10.1. The van der Waals surface area contributed by atoms with Crippen LogP contribution in [-0.4, -0.2) is 25.8 Å². The fourth-order valence-electron chi connectivity index (χ4n) is 2.31. The smallest absolute Gasteiger partial charge is 0.137 e. The standard InChI is InChI=1S/C15H16ClN5/c1-9(2)19-15-13-12(5-7-18-15)21(3)20-14(13)11-8-10(16)4-6-17-11/h4-9H,1-3H3,(H,18,19). The minimum atomic E-state index is 0.281. The van der Waals surface area contributed by atoms with Gasteiger partial charge in [0.2, 0.25) is 0 Å². The summed E-state index contributed by atoms with van der Waals surface area (Å²) in [5.74, 6) is 0.812. The average molecular weight is 302 g/mol. The normalized spacial score (nSPS) is 11.3. The topological polar surface area (TPSA) is 55.6 Å². The number of fused-ring (bicyclic) bond motifs is 1. The summed E-state index contributed by atoms with van der Waals surface area (Å²) in [5, 5.41) is 9.55. The quantitative estimate of drug-likeness (QED) is 0.804. The van der Waals surface area contributed by atoms with Gasteiger partial charge in [0.25, 0.3) is 0 Å². The van der Waals surface area contributed by atoms with Crippen molar-refractivity contribution in [1.29, 1.82) is 0 Å². The van der Waals surface area contributed by atoms with E-state index in [4.69, 9.17) is 11.6 Å². The van der Waals surface area contributed by atoms with Crippen molar-refractivity contribution >= 4 is 28.3 Å². The molecule has 108 valence electrons. The van der Waals surface area contributed by atoms with Crippen LogP contribution in [0.2, 0.25) is 5.02 Å². The van der Waals surface area contributed by atoms with Gasteiger partial charge < -0.3 is 5.32 Å². The second-order valence-corrected chi connectivity index (χ2v) is 5.62. The molecule has 0 atom stereocenters. The largest absolute Gasteiger partial charge is 0.367 e. The van der Waals surface area contributed by atoms with Gasteiger partial charge in [0, 0.05) is 30.5 Å². The van der Waals surface area contributed by atoms with Crippen LogP contribution in [0.5, 0.6) is 0 Å². The Labute approximate surface area is 128 Å². The molecule has 6 heteroatoms. The van der Waals surface area contributed by atoms with Crippen molar-refractivity contribution in [2.75, 3.05) is 5.32 Å². The van der Waals surface area contributed by atoms with Crippen LogP contribution >= 0.6 is 11.6 Å². The van der Waals surface area contributed by atoms with Gasteiger partial charge in [-0.2, -0.15) is 5.10 Å². The lowest BCUT2D eigenvalue weighted by Crippen LogP contribution is -2.11. The molecule has 0 aliphatic rings. The minimum Gasteiger partial charge on any atom is -0.367 e. The highest BCUT2D eigenvalue weighted by Gasteiger charge is 2.17. The third-order valence-corrected chi connectivity index (χ3v) is 3.39. The Kier molecular flexibility index (Phi) is 3.51. The molecule has 0 aliphatic heterocycles. The number of hydrogen-bond donors (Lipinski definition) is 1. The van der Waals surface area contributed by atoms with Crippen molar-refractivity contribution < 1.29 is 0 Å². The van der Waals surface area contributed by atoms with Gasteiger partial charge in [0.05, 0.1) is 16.6 Å². The second kappa shape index (κ2) is 5.33. The van der Waals surface area contributed by atoms with E-state index in [-0.39, 0.29) is 6.04 Å². The molecule has 0 unspecified atom stereocenters. The van der Waals surface area contributed by atoms with Gasteiger partial charge in [0.1, 0.15) is 11.5 Å². The zero-order valence-electron chi connectivity index (χ0n) is 12.1. The van der Waals surface area contributed by atoms with Gasteiger partial charge in [-0.15, -0.1) is 0 Å². The number of halogens is 1. The number of nitrogens with zero attached hydrogens (tertiary/aromatic N) is 4. The van der Waals surface area contributed by atoms with E-state index in [1.54, 1.807) is 18.5 Å². The summed E-state index contributed by atoms with van der Waals surface area (Å²) in [6, 6.07) is 5.79. The van der Waals surface area contributed by atoms with Crippen LogP contribution in [0.1, 0.15) is 13.8 Å². The van der Waals surface area contributed by atoms with Crippen molar-refractivity contribution in [2.45, 2.75) is 19.9 Å². The van der Waals surface area contributed by atoms with Gasteiger partial charge in [-0.1, -0.05) is 11.6 Å². The zero-order valence-corrected chi connectivity index (χ0v) is 12.9. The number of pyridine rings is 2. The van der Waals surface area contributed by atoms with Gasteiger partial charge in [-0.05, 0) is 32.0 Å². The SMILES string of the molecule is CC(C)Nc1nccc2c1c(-c1cc(Cl)ccn1)nn2C. The Bertz CT molecular complexity index is 794. The molecule has 1 N–H and O–H groups in total. The van der Waals surface area contributed by atoms with E-state index in [9.17, 15) is 0 Å². The van der Waals surface area contributed by atoms with E-state index in [0.717, 1.165) is 28.1 Å². The van der Waals surface area contributed by atoms with Gasteiger partial charge in [0.15, 0.2) is 0 Å². The van der Waals surface area contributed by atoms with Crippen LogP contribution in [0.15, 0.2) is 30.6 Å². The van der Waals surface area contributed by atoms with E-state index in [1.165, 1.54) is 0 Å². The third-order valence-electron chi connectivity index (χ3n) is 3.15. The van der Waals surface area contributed by atoms with Crippen molar-refractivity contribution in [3.8, 4) is 11.4 Å². The van der Waals surface area contributed by atoms with E-state index in [2.05, 4.69) is 34.2 Å². The van der Waals surface area contributed by atoms with E-state index < -0.39 is 0 Å². The first-order chi connectivity index (χ1) is 10.1. The van der Waals surface area contributed by atoms with E-state index in [1.807, 2.05) is 23.9 Å². The molecule has 0 amide bonds. The molecule has 3 rings (SSSR count). The van der Waals surface area contributed by atoms with Gasteiger partial charge >= 0.3 is 0 Å². The van der Waals surface area contributed by atoms with Crippen LogP contribution in [0.25, 0.3) is 22.3 Å². The summed E-state index contributed by atoms with van der Waals surface area (Å²) in [6.07, 6.45) is 3.47. The maximum atomic E-state index is 6.07. The molecule has 0 radical (unpaired) electrons. The first-order valence-electron chi connectivity index (χ1n) is 6.76. The lowest BCUT2D eigenvalue weighted by molar-refractivity contribution is 0.799. The highest BCUT2D eigenvalue weighted by Crippen LogP contribution is 2.32. The molecule has 0 saturated carbocycles. The second-order valence-electron chi connectivity index (χ2n) is 5.18. The molecule has 5 nitrogen and oxygen atoms in total.